The van der Waals surface area contributed by atoms with E-state index in [4.69, 9.17) is 0 Å². The third-order valence-electron chi connectivity index (χ3n) is 4.08. The SMILES string of the molecule is CCCCN(C)C(=O)c1cc(Nc2cccc3cccnc23)ccn1. The Morgan fingerprint density at radius 1 is 1.12 bits per heavy atom. The molecule has 0 fully saturated rings. The summed E-state index contributed by atoms with van der Waals surface area (Å²) in [5.41, 5.74) is 3.06. The van der Waals surface area contributed by atoms with E-state index >= 15 is 0 Å². The van der Waals surface area contributed by atoms with Crippen LogP contribution in [0, 0.1) is 0 Å². The number of nitrogens with zero attached hydrogens (tertiary/aromatic N) is 3. The first-order valence-corrected chi connectivity index (χ1v) is 8.51. The number of rotatable bonds is 6. The maximum Gasteiger partial charge on any atom is 0.272 e. The summed E-state index contributed by atoms with van der Waals surface area (Å²) in [5.74, 6) is -0.0619. The molecule has 5 nitrogen and oxygen atoms in total. The molecule has 2 heterocycles. The Kier molecular flexibility index (Phi) is 5.23. The van der Waals surface area contributed by atoms with Crippen molar-refractivity contribution in [3.63, 3.8) is 0 Å². The van der Waals surface area contributed by atoms with Gasteiger partial charge in [0, 0.05) is 37.1 Å². The highest BCUT2D eigenvalue weighted by molar-refractivity contribution is 5.94. The highest BCUT2D eigenvalue weighted by Crippen LogP contribution is 2.24. The third-order valence-corrected chi connectivity index (χ3v) is 4.08. The molecular formula is C20H22N4O. The van der Waals surface area contributed by atoms with Gasteiger partial charge in [0.2, 0.25) is 0 Å². The molecule has 1 aromatic carbocycles. The second-order valence-corrected chi connectivity index (χ2v) is 6.02. The highest BCUT2D eigenvalue weighted by atomic mass is 16.2. The van der Waals surface area contributed by atoms with E-state index in [1.807, 2.05) is 43.4 Å². The minimum Gasteiger partial charge on any atom is -0.354 e. The lowest BCUT2D eigenvalue weighted by molar-refractivity contribution is 0.0787. The molecule has 0 unspecified atom stereocenters. The van der Waals surface area contributed by atoms with Crippen molar-refractivity contribution in [2.75, 3.05) is 18.9 Å². The minimum absolute atomic E-state index is 0.0619. The van der Waals surface area contributed by atoms with Crippen LogP contribution in [0.4, 0.5) is 11.4 Å². The van der Waals surface area contributed by atoms with Gasteiger partial charge in [-0.05, 0) is 30.7 Å². The van der Waals surface area contributed by atoms with E-state index < -0.39 is 0 Å². The number of unbranched alkanes of at least 4 members (excludes halogenated alkanes) is 1. The molecule has 0 atom stereocenters. The van der Waals surface area contributed by atoms with Crippen molar-refractivity contribution >= 4 is 28.2 Å². The molecule has 0 spiro atoms. The molecule has 0 saturated heterocycles. The smallest absolute Gasteiger partial charge is 0.272 e. The number of carbonyl (C=O) groups is 1. The Labute approximate surface area is 147 Å². The van der Waals surface area contributed by atoms with Gasteiger partial charge in [0.05, 0.1) is 11.2 Å². The standard InChI is InChI=1S/C20H22N4O/c1-3-4-13-24(2)20(25)18-14-16(10-12-21-18)23-17-9-5-7-15-8-6-11-22-19(15)17/h5-12,14H,3-4,13H2,1-2H3,(H,21,23). The molecule has 25 heavy (non-hydrogen) atoms. The molecule has 3 rings (SSSR count). The van der Waals surface area contributed by atoms with Gasteiger partial charge in [0.15, 0.2) is 0 Å². The van der Waals surface area contributed by atoms with Gasteiger partial charge in [-0.3, -0.25) is 14.8 Å². The van der Waals surface area contributed by atoms with Gasteiger partial charge >= 0.3 is 0 Å². The number of benzene rings is 1. The fourth-order valence-corrected chi connectivity index (χ4v) is 2.68. The van der Waals surface area contributed by atoms with Crippen molar-refractivity contribution in [3.8, 4) is 0 Å². The first kappa shape index (κ1) is 16.9. The molecule has 5 heteroatoms. The minimum atomic E-state index is -0.0619. The molecule has 2 aromatic heterocycles. The topological polar surface area (TPSA) is 58.1 Å². The Balaban J connectivity index is 1.83. The summed E-state index contributed by atoms with van der Waals surface area (Å²) >= 11 is 0. The number of carbonyl (C=O) groups excluding carboxylic acids is 1. The Hall–Kier alpha value is -2.95. The van der Waals surface area contributed by atoms with Crippen LogP contribution in [0.2, 0.25) is 0 Å². The lowest BCUT2D eigenvalue weighted by atomic mass is 10.2. The van der Waals surface area contributed by atoms with Crippen LogP contribution in [-0.4, -0.2) is 34.4 Å². The molecule has 3 aromatic rings. The first-order valence-electron chi connectivity index (χ1n) is 8.51. The van der Waals surface area contributed by atoms with Crippen LogP contribution >= 0.6 is 0 Å². The Morgan fingerprint density at radius 2 is 1.96 bits per heavy atom. The van der Waals surface area contributed by atoms with Gasteiger partial charge in [-0.25, -0.2) is 0 Å². The van der Waals surface area contributed by atoms with Crippen LogP contribution < -0.4 is 5.32 Å². The molecule has 0 radical (unpaired) electrons. The van der Waals surface area contributed by atoms with Gasteiger partial charge in [-0.15, -0.1) is 0 Å². The van der Waals surface area contributed by atoms with E-state index in [0.29, 0.717) is 5.69 Å². The summed E-state index contributed by atoms with van der Waals surface area (Å²) in [6, 6.07) is 13.6. The largest absolute Gasteiger partial charge is 0.354 e. The predicted molar refractivity (Wildman–Crippen MR) is 101 cm³/mol. The number of para-hydroxylation sites is 1. The van der Waals surface area contributed by atoms with Crippen LogP contribution in [0.3, 0.4) is 0 Å². The molecule has 1 N–H and O–H groups in total. The number of hydrogen-bond acceptors (Lipinski definition) is 4. The van der Waals surface area contributed by atoms with Gasteiger partial charge in [-0.1, -0.05) is 31.5 Å². The van der Waals surface area contributed by atoms with Gasteiger partial charge in [0.1, 0.15) is 5.69 Å². The molecule has 0 saturated carbocycles. The number of aromatic nitrogens is 2. The van der Waals surface area contributed by atoms with Crippen LogP contribution in [-0.2, 0) is 0 Å². The zero-order valence-corrected chi connectivity index (χ0v) is 14.6. The van der Waals surface area contributed by atoms with Crippen molar-refractivity contribution < 1.29 is 4.79 Å². The normalized spacial score (nSPS) is 10.6. The monoisotopic (exact) mass is 334 g/mol. The van der Waals surface area contributed by atoms with E-state index in [0.717, 1.165) is 41.7 Å². The van der Waals surface area contributed by atoms with Crippen molar-refractivity contribution in [2.24, 2.45) is 0 Å². The number of hydrogen-bond donors (Lipinski definition) is 1. The molecular weight excluding hydrogens is 312 g/mol. The van der Waals surface area contributed by atoms with Crippen LogP contribution in [0.5, 0.6) is 0 Å². The van der Waals surface area contributed by atoms with Crippen LogP contribution in [0.25, 0.3) is 10.9 Å². The summed E-state index contributed by atoms with van der Waals surface area (Å²) in [7, 11) is 1.81. The summed E-state index contributed by atoms with van der Waals surface area (Å²) < 4.78 is 0. The number of amides is 1. The summed E-state index contributed by atoms with van der Waals surface area (Å²) in [4.78, 5) is 22.9. The van der Waals surface area contributed by atoms with E-state index in [2.05, 4.69) is 22.2 Å². The van der Waals surface area contributed by atoms with Crippen molar-refractivity contribution in [3.05, 3.63) is 60.6 Å². The van der Waals surface area contributed by atoms with E-state index in [9.17, 15) is 4.79 Å². The molecule has 0 bridgehead atoms. The van der Waals surface area contributed by atoms with Crippen LogP contribution in [0.15, 0.2) is 54.9 Å². The second-order valence-electron chi connectivity index (χ2n) is 6.02. The van der Waals surface area contributed by atoms with Crippen molar-refractivity contribution in [1.29, 1.82) is 0 Å². The lowest BCUT2D eigenvalue weighted by Gasteiger charge is -2.16. The summed E-state index contributed by atoms with van der Waals surface area (Å²) in [6.45, 7) is 2.85. The molecule has 0 aliphatic rings. The third kappa shape index (κ3) is 3.94. The van der Waals surface area contributed by atoms with E-state index in [-0.39, 0.29) is 5.91 Å². The average molecular weight is 334 g/mol. The van der Waals surface area contributed by atoms with E-state index in [1.165, 1.54) is 0 Å². The fourth-order valence-electron chi connectivity index (χ4n) is 2.68. The second kappa shape index (κ2) is 7.75. The van der Waals surface area contributed by atoms with Gasteiger partial charge < -0.3 is 10.2 Å². The Morgan fingerprint density at radius 3 is 2.80 bits per heavy atom. The fraction of sp³-hybridized carbons (Fsp3) is 0.250. The number of anilines is 2. The number of pyridine rings is 2. The Bertz CT molecular complexity index is 873. The lowest BCUT2D eigenvalue weighted by Crippen LogP contribution is -2.28. The zero-order chi connectivity index (χ0) is 17.6. The molecule has 0 aliphatic heterocycles. The predicted octanol–water partition coefficient (Wildman–Crippen LogP) is 4.25. The maximum absolute atomic E-state index is 12.5. The summed E-state index contributed by atoms with van der Waals surface area (Å²) in [5, 5.41) is 4.42. The van der Waals surface area contributed by atoms with E-state index in [1.54, 1.807) is 23.4 Å². The van der Waals surface area contributed by atoms with Crippen LogP contribution in [0.1, 0.15) is 30.3 Å². The van der Waals surface area contributed by atoms with Gasteiger partial charge in [0.25, 0.3) is 5.91 Å². The number of fused-ring (bicyclic) bond motifs is 1. The average Bonchev–Trinajstić information content (AvgIpc) is 2.66. The number of nitrogens with one attached hydrogen (secondary N) is 1. The first-order chi connectivity index (χ1) is 12.2. The van der Waals surface area contributed by atoms with Crippen molar-refractivity contribution in [1.82, 2.24) is 14.9 Å². The maximum atomic E-state index is 12.5. The van der Waals surface area contributed by atoms with Gasteiger partial charge in [-0.2, -0.15) is 0 Å². The quantitative estimate of drug-likeness (QED) is 0.732. The zero-order valence-electron chi connectivity index (χ0n) is 14.6. The summed E-state index contributed by atoms with van der Waals surface area (Å²) in [6.07, 6.45) is 5.47. The van der Waals surface area contributed by atoms with Crippen molar-refractivity contribution in [2.45, 2.75) is 19.8 Å². The molecule has 128 valence electrons. The molecule has 1 amide bonds. The molecule has 0 aliphatic carbocycles. The highest BCUT2D eigenvalue weighted by Gasteiger charge is 2.13.